The molecule has 2 aromatic carbocycles. The van der Waals surface area contributed by atoms with Crippen LogP contribution in [0.1, 0.15) is 55.1 Å². The van der Waals surface area contributed by atoms with Crippen LogP contribution in [-0.2, 0) is 26.3 Å². The van der Waals surface area contributed by atoms with Gasteiger partial charge in [-0.25, -0.2) is 0 Å². The van der Waals surface area contributed by atoms with Gasteiger partial charge in [0.25, 0.3) is 5.91 Å². The summed E-state index contributed by atoms with van der Waals surface area (Å²) < 4.78 is 0. The molecule has 0 aromatic heterocycles. The van der Waals surface area contributed by atoms with Gasteiger partial charge in [0.1, 0.15) is 0 Å². The van der Waals surface area contributed by atoms with Crippen molar-refractivity contribution >= 4 is 29.3 Å². The molecular weight excluding hydrogens is 394 g/mol. The Labute approximate surface area is 181 Å². The Kier molecular flexibility index (Phi) is 6.53. The summed E-state index contributed by atoms with van der Waals surface area (Å²) in [6, 6.07) is 14.2. The van der Waals surface area contributed by atoms with Crippen molar-refractivity contribution in [1.82, 2.24) is 10.2 Å². The number of hydrogen-bond donors (Lipinski definition) is 2. The molecule has 162 valence electrons. The van der Waals surface area contributed by atoms with Crippen LogP contribution in [0.2, 0.25) is 0 Å². The minimum atomic E-state index is -0.350. The Balaban J connectivity index is 1.48. The Bertz CT molecular complexity index is 973. The minimum absolute atomic E-state index is 0.00395. The second kappa shape index (κ2) is 9.12. The van der Waals surface area contributed by atoms with Gasteiger partial charge in [-0.15, -0.1) is 0 Å². The molecule has 0 aliphatic carbocycles. The van der Waals surface area contributed by atoms with Crippen molar-refractivity contribution in [2.24, 2.45) is 0 Å². The minimum Gasteiger partial charge on any atom is -0.343 e. The van der Waals surface area contributed by atoms with E-state index in [0.29, 0.717) is 11.3 Å². The Morgan fingerprint density at radius 1 is 0.903 bits per heavy atom. The fraction of sp³-hybridized carbons (Fsp3) is 0.333. The van der Waals surface area contributed by atoms with Crippen molar-refractivity contribution in [1.29, 1.82) is 0 Å². The van der Waals surface area contributed by atoms with Crippen LogP contribution in [0.15, 0.2) is 48.5 Å². The molecule has 0 radical (unpaired) electrons. The van der Waals surface area contributed by atoms with E-state index in [1.165, 1.54) is 4.90 Å². The van der Waals surface area contributed by atoms with Crippen LogP contribution in [0.3, 0.4) is 0 Å². The summed E-state index contributed by atoms with van der Waals surface area (Å²) in [5.74, 6) is -0.986. The van der Waals surface area contributed by atoms with Crippen molar-refractivity contribution in [2.75, 3.05) is 11.9 Å². The van der Waals surface area contributed by atoms with E-state index in [9.17, 15) is 19.2 Å². The Morgan fingerprint density at radius 3 is 2.03 bits per heavy atom. The maximum atomic E-state index is 12.3. The third-order valence-electron chi connectivity index (χ3n) is 5.16. The highest BCUT2D eigenvalue weighted by molar-refractivity contribution is 6.02. The molecule has 7 nitrogen and oxygen atoms in total. The van der Waals surface area contributed by atoms with Gasteiger partial charge in [-0.05, 0) is 40.8 Å². The average molecular weight is 421 g/mol. The Hall–Kier alpha value is -3.48. The summed E-state index contributed by atoms with van der Waals surface area (Å²) in [5, 5.41) is 5.33. The van der Waals surface area contributed by atoms with Gasteiger partial charge in [0, 0.05) is 24.1 Å². The number of benzene rings is 2. The molecule has 1 aliphatic rings. The van der Waals surface area contributed by atoms with Gasteiger partial charge in [0.2, 0.25) is 17.7 Å². The van der Waals surface area contributed by atoms with Crippen LogP contribution in [0, 0.1) is 0 Å². The van der Waals surface area contributed by atoms with E-state index < -0.39 is 0 Å². The molecule has 1 heterocycles. The van der Waals surface area contributed by atoms with Crippen LogP contribution in [0.25, 0.3) is 0 Å². The number of hydrogen-bond acceptors (Lipinski definition) is 4. The molecular formula is C24H27N3O4. The number of nitrogens with one attached hydrogen (secondary N) is 2. The first-order chi connectivity index (χ1) is 14.6. The summed E-state index contributed by atoms with van der Waals surface area (Å²) >= 11 is 0. The van der Waals surface area contributed by atoms with E-state index in [2.05, 4.69) is 31.4 Å². The summed E-state index contributed by atoms with van der Waals surface area (Å²) in [4.78, 5) is 49.1. The lowest BCUT2D eigenvalue weighted by molar-refractivity contribution is -0.139. The topological polar surface area (TPSA) is 95.6 Å². The second-order valence-electron chi connectivity index (χ2n) is 8.63. The number of rotatable bonds is 6. The monoisotopic (exact) mass is 421 g/mol. The van der Waals surface area contributed by atoms with Gasteiger partial charge in [-0.1, -0.05) is 45.0 Å². The van der Waals surface area contributed by atoms with Crippen LogP contribution in [0.4, 0.5) is 5.69 Å². The van der Waals surface area contributed by atoms with Crippen molar-refractivity contribution in [2.45, 2.75) is 45.6 Å². The third-order valence-corrected chi connectivity index (χ3v) is 5.16. The van der Waals surface area contributed by atoms with Crippen molar-refractivity contribution in [3.05, 3.63) is 65.2 Å². The van der Waals surface area contributed by atoms with Crippen LogP contribution in [-0.4, -0.2) is 35.1 Å². The first kappa shape index (κ1) is 22.2. The standard InChI is InChI=1S/C24H27N3O4/c1-24(2,3)18-8-6-17(7-9-18)23(31)25-14-20(28)26-19-10-4-16(5-11-19)15-27-21(29)12-13-22(27)30/h4-11H,12-15H2,1-3H3,(H,25,31)(H,26,28). The second-order valence-corrected chi connectivity index (χ2v) is 8.63. The predicted octanol–water partition coefficient (Wildman–Crippen LogP) is 3.00. The number of carbonyl (C=O) groups is 4. The first-order valence-corrected chi connectivity index (χ1v) is 10.2. The maximum Gasteiger partial charge on any atom is 0.251 e. The van der Waals surface area contributed by atoms with E-state index in [0.717, 1.165) is 11.1 Å². The highest BCUT2D eigenvalue weighted by Gasteiger charge is 2.28. The van der Waals surface area contributed by atoms with Crippen LogP contribution < -0.4 is 10.6 Å². The molecule has 3 rings (SSSR count). The van der Waals surface area contributed by atoms with E-state index in [4.69, 9.17) is 0 Å². The largest absolute Gasteiger partial charge is 0.343 e. The fourth-order valence-corrected chi connectivity index (χ4v) is 3.26. The number of amides is 4. The van der Waals surface area contributed by atoms with E-state index >= 15 is 0 Å². The maximum absolute atomic E-state index is 12.3. The normalized spacial score (nSPS) is 14.0. The number of anilines is 1. The number of nitrogens with zero attached hydrogens (tertiary/aromatic N) is 1. The SMILES string of the molecule is CC(C)(C)c1ccc(C(=O)NCC(=O)Nc2ccc(CN3C(=O)CCC3=O)cc2)cc1. The van der Waals surface area contributed by atoms with Crippen LogP contribution >= 0.6 is 0 Å². The molecule has 0 bridgehead atoms. The molecule has 31 heavy (non-hydrogen) atoms. The highest BCUT2D eigenvalue weighted by Crippen LogP contribution is 2.22. The van der Waals surface area contributed by atoms with E-state index in [1.807, 2.05) is 12.1 Å². The molecule has 0 atom stereocenters. The lowest BCUT2D eigenvalue weighted by Crippen LogP contribution is -2.32. The molecule has 1 saturated heterocycles. The summed E-state index contributed by atoms with van der Waals surface area (Å²) in [6.07, 6.45) is 0.527. The van der Waals surface area contributed by atoms with Crippen molar-refractivity contribution in [3.8, 4) is 0 Å². The lowest BCUT2D eigenvalue weighted by Gasteiger charge is -2.19. The molecule has 0 saturated carbocycles. The van der Waals surface area contributed by atoms with Gasteiger partial charge in [0.05, 0.1) is 13.1 Å². The van der Waals surface area contributed by atoms with Crippen molar-refractivity contribution < 1.29 is 19.2 Å². The molecule has 2 N–H and O–H groups in total. The lowest BCUT2D eigenvalue weighted by atomic mass is 9.87. The zero-order chi connectivity index (χ0) is 22.6. The Morgan fingerprint density at radius 2 is 1.48 bits per heavy atom. The van der Waals surface area contributed by atoms with Gasteiger partial charge in [-0.3, -0.25) is 24.1 Å². The van der Waals surface area contributed by atoms with E-state index in [1.54, 1.807) is 36.4 Å². The van der Waals surface area contributed by atoms with Crippen LogP contribution in [0.5, 0.6) is 0 Å². The summed E-state index contributed by atoms with van der Waals surface area (Å²) in [6.45, 7) is 6.38. The number of likely N-dealkylation sites (tertiary alicyclic amines) is 1. The molecule has 7 heteroatoms. The summed E-state index contributed by atoms with van der Waals surface area (Å²) in [5.41, 5.74) is 2.99. The molecule has 1 fully saturated rings. The van der Waals surface area contributed by atoms with E-state index in [-0.39, 0.29) is 55.0 Å². The average Bonchev–Trinajstić information content (AvgIpc) is 3.05. The predicted molar refractivity (Wildman–Crippen MR) is 117 cm³/mol. The smallest absolute Gasteiger partial charge is 0.251 e. The molecule has 2 aromatic rings. The number of carbonyl (C=O) groups excluding carboxylic acids is 4. The zero-order valence-corrected chi connectivity index (χ0v) is 18.0. The van der Waals surface area contributed by atoms with Crippen molar-refractivity contribution in [3.63, 3.8) is 0 Å². The third kappa shape index (κ3) is 5.78. The van der Waals surface area contributed by atoms with Gasteiger partial charge < -0.3 is 10.6 Å². The summed E-state index contributed by atoms with van der Waals surface area (Å²) in [7, 11) is 0. The van der Waals surface area contributed by atoms with Gasteiger partial charge in [-0.2, -0.15) is 0 Å². The molecule has 1 aliphatic heterocycles. The fourth-order valence-electron chi connectivity index (χ4n) is 3.26. The molecule has 0 unspecified atom stereocenters. The molecule has 0 spiro atoms. The molecule has 4 amide bonds. The first-order valence-electron chi connectivity index (χ1n) is 10.2. The quantitative estimate of drug-likeness (QED) is 0.701. The highest BCUT2D eigenvalue weighted by atomic mass is 16.2. The zero-order valence-electron chi connectivity index (χ0n) is 18.0. The van der Waals surface area contributed by atoms with Gasteiger partial charge in [0.15, 0.2) is 0 Å². The number of imide groups is 1. The van der Waals surface area contributed by atoms with Gasteiger partial charge >= 0.3 is 0 Å².